The normalized spacial score (nSPS) is 10.3. The van der Waals surface area contributed by atoms with E-state index in [1.165, 1.54) is 0 Å². The Kier molecular flexibility index (Phi) is 5.21. The van der Waals surface area contributed by atoms with Gasteiger partial charge in [0.05, 0.1) is 6.42 Å². The second-order valence-corrected chi connectivity index (χ2v) is 5.87. The summed E-state index contributed by atoms with van der Waals surface area (Å²) in [7, 11) is 1.80. The maximum absolute atomic E-state index is 12.2. The zero-order valence-corrected chi connectivity index (χ0v) is 13.5. The smallest absolute Gasteiger partial charge is 0.227 e. The molecule has 0 aliphatic carbocycles. The fourth-order valence-electron chi connectivity index (χ4n) is 1.91. The molecule has 0 fully saturated rings. The predicted octanol–water partition coefficient (Wildman–Crippen LogP) is 4.30. The molecule has 0 atom stereocenters. The van der Waals surface area contributed by atoms with E-state index in [2.05, 4.69) is 15.9 Å². The van der Waals surface area contributed by atoms with Gasteiger partial charge in [-0.25, -0.2) is 0 Å². The van der Waals surface area contributed by atoms with Crippen molar-refractivity contribution in [1.82, 2.24) is 4.90 Å². The number of benzene rings is 2. The van der Waals surface area contributed by atoms with Crippen molar-refractivity contribution >= 4 is 33.4 Å². The van der Waals surface area contributed by atoms with Crippen LogP contribution in [0.1, 0.15) is 11.1 Å². The lowest BCUT2D eigenvalue weighted by atomic mass is 10.1. The van der Waals surface area contributed by atoms with Crippen LogP contribution in [-0.2, 0) is 17.8 Å². The highest BCUT2D eigenvalue weighted by atomic mass is 79.9. The highest BCUT2D eigenvalue weighted by molar-refractivity contribution is 9.10. The van der Waals surface area contributed by atoms with Crippen molar-refractivity contribution in [2.24, 2.45) is 0 Å². The Morgan fingerprint density at radius 3 is 2.35 bits per heavy atom. The highest BCUT2D eigenvalue weighted by Gasteiger charge is 2.12. The maximum atomic E-state index is 12.2. The molecule has 0 aliphatic heterocycles. The summed E-state index contributed by atoms with van der Waals surface area (Å²) in [6.07, 6.45) is 0.320. The zero-order chi connectivity index (χ0) is 14.5. The molecule has 0 radical (unpaired) electrons. The molecule has 0 aromatic heterocycles. The lowest BCUT2D eigenvalue weighted by Crippen LogP contribution is -2.27. The molecule has 0 unspecified atom stereocenters. The number of hydrogen-bond donors (Lipinski definition) is 0. The van der Waals surface area contributed by atoms with E-state index in [0.717, 1.165) is 15.6 Å². The molecule has 2 rings (SSSR count). The minimum Gasteiger partial charge on any atom is -0.341 e. The third-order valence-electron chi connectivity index (χ3n) is 3.09. The Balaban J connectivity index is 2.03. The summed E-state index contributed by atoms with van der Waals surface area (Å²) < 4.78 is 1.01. The monoisotopic (exact) mass is 351 g/mol. The summed E-state index contributed by atoms with van der Waals surface area (Å²) in [5.41, 5.74) is 1.95. The first kappa shape index (κ1) is 15.1. The topological polar surface area (TPSA) is 20.3 Å². The summed E-state index contributed by atoms with van der Waals surface area (Å²) in [6.45, 7) is 0.574. The number of amides is 1. The molecule has 0 spiro atoms. The van der Waals surface area contributed by atoms with Crippen LogP contribution in [0.2, 0.25) is 5.02 Å². The number of carbonyl (C=O) groups is 1. The first-order valence-corrected chi connectivity index (χ1v) is 7.46. The average Bonchev–Trinajstić information content (AvgIpc) is 2.43. The Labute approximate surface area is 132 Å². The highest BCUT2D eigenvalue weighted by Crippen LogP contribution is 2.19. The molecule has 20 heavy (non-hydrogen) atoms. The standard InChI is InChI=1S/C16H15BrClNO/c1-19(11-13-7-2-4-8-14(13)17)16(20)10-12-6-3-5-9-15(12)18/h2-9H,10-11H2,1H3. The molecule has 0 aliphatic rings. The fourth-order valence-corrected chi connectivity index (χ4v) is 2.52. The van der Waals surface area contributed by atoms with E-state index in [9.17, 15) is 4.79 Å². The molecular formula is C16H15BrClNO. The van der Waals surface area contributed by atoms with Crippen LogP contribution < -0.4 is 0 Å². The van der Waals surface area contributed by atoms with Gasteiger partial charge in [0.2, 0.25) is 5.91 Å². The number of carbonyl (C=O) groups excluding carboxylic acids is 1. The molecular weight excluding hydrogens is 338 g/mol. The number of rotatable bonds is 4. The fraction of sp³-hybridized carbons (Fsp3) is 0.188. The summed E-state index contributed by atoms with van der Waals surface area (Å²) in [4.78, 5) is 13.9. The Morgan fingerprint density at radius 2 is 1.70 bits per heavy atom. The van der Waals surface area contributed by atoms with Crippen LogP contribution >= 0.6 is 27.5 Å². The van der Waals surface area contributed by atoms with Crippen LogP contribution in [0.5, 0.6) is 0 Å². The largest absolute Gasteiger partial charge is 0.341 e. The average molecular weight is 353 g/mol. The van der Waals surface area contributed by atoms with Gasteiger partial charge in [-0.2, -0.15) is 0 Å². The quantitative estimate of drug-likeness (QED) is 0.803. The van der Waals surface area contributed by atoms with Crippen molar-refractivity contribution in [1.29, 1.82) is 0 Å². The lowest BCUT2D eigenvalue weighted by molar-refractivity contribution is -0.129. The maximum Gasteiger partial charge on any atom is 0.227 e. The lowest BCUT2D eigenvalue weighted by Gasteiger charge is -2.18. The van der Waals surface area contributed by atoms with Gasteiger partial charge in [0.25, 0.3) is 0 Å². The van der Waals surface area contributed by atoms with E-state index in [-0.39, 0.29) is 5.91 Å². The molecule has 0 N–H and O–H groups in total. The Hall–Kier alpha value is -1.32. The van der Waals surface area contributed by atoms with Gasteiger partial charge < -0.3 is 4.90 Å². The molecule has 4 heteroatoms. The van der Waals surface area contributed by atoms with Crippen molar-refractivity contribution in [3.63, 3.8) is 0 Å². The van der Waals surface area contributed by atoms with Gasteiger partial charge in [0.15, 0.2) is 0 Å². The summed E-state index contributed by atoms with van der Waals surface area (Å²) in [6, 6.07) is 15.3. The van der Waals surface area contributed by atoms with E-state index >= 15 is 0 Å². The minimum absolute atomic E-state index is 0.0499. The van der Waals surface area contributed by atoms with E-state index < -0.39 is 0 Å². The molecule has 0 saturated heterocycles. The first-order chi connectivity index (χ1) is 9.58. The SMILES string of the molecule is CN(Cc1ccccc1Br)C(=O)Cc1ccccc1Cl. The van der Waals surface area contributed by atoms with Gasteiger partial charge >= 0.3 is 0 Å². The third kappa shape index (κ3) is 3.84. The molecule has 104 valence electrons. The van der Waals surface area contributed by atoms with Gasteiger partial charge in [0.1, 0.15) is 0 Å². The molecule has 0 bridgehead atoms. The molecule has 2 nitrogen and oxygen atoms in total. The Morgan fingerprint density at radius 1 is 1.10 bits per heavy atom. The third-order valence-corrected chi connectivity index (χ3v) is 4.23. The molecule has 0 saturated carbocycles. The van der Waals surface area contributed by atoms with Crippen LogP contribution in [0, 0.1) is 0 Å². The molecule has 1 amide bonds. The van der Waals surface area contributed by atoms with Crippen molar-refractivity contribution in [3.05, 3.63) is 69.2 Å². The van der Waals surface area contributed by atoms with Gasteiger partial charge in [0, 0.05) is 23.1 Å². The number of hydrogen-bond acceptors (Lipinski definition) is 1. The van der Waals surface area contributed by atoms with Crippen LogP contribution in [0.25, 0.3) is 0 Å². The summed E-state index contributed by atoms with van der Waals surface area (Å²) in [5, 5.41) is 0.634. The predicted molar refractivity (Wildman–Crippen MR) is 85.8 cm³/mol. The van der Waals surface area contributed by atoms with E-state index in [4.69, 9.17) is 11.6 Å². The van der Waals surface area contributed by atoms with E-state index in [0.29, 0.717) is 18.0 Å². The Bertz CT molecular complexity index is 615. The molecule has 2 aromatic rings. The van der Waals surface area contributed by atoms with E-state index in [1.807, 2.05) is 42.5 Å². The number of nitrogens with zero attached hydrogens (tertiary/aromatic N) is 1. The van der Waals surface area contributed by atoms with Gasteiger partial charge in [-0.05, 0) is 23.3 Å². The van der Waals surface area contributed by atoms with Crippen molar-refractivity contribution in [2.45, 2.75) is 13.0 Å². The van der Waals surface area contributed by atoms with Crippen LogP contribution in [0.3, 0.4) is 0 Å². The van der Waals surface area contributed by atoms with Gasteiger partial charge in [-0.15, -0.1) is 0 Å². The summed E-state index contributed by atoms with van der Waals surface area (Å²) >= 11 is 9.57. The number of halogens is 2. The van der Waals surface area contributed by atoms with Crippen LogP contribution in [0.4, 0.5) is 0 Å². The van der Waals surface area contributed by atoms with Gasteiger partial charge in [-0.1, -0.05) is 63.9 Å². The number of likely N-dealkylation sites (N-methyl/N-ethyl adjacent to an activating group) is 1. The van der Waals surface area contributed by atoms with Crippen LogP contribution in [0.15, 0.2) is 53.0 Å². The minimum atomic E-state index is 0.0499. The first-order valence-electron chi connectivity index (χ1n) is 6.28. The zero-order valence-electron chi connectivity index (χ0n) is 11.1. The van der Waals surface area contributed by atoms with Gasteiger partial charge in [-0.3, -0.25) is 4.79 Å². The van der Waals surface area contributed by atoms with E-state index in [1.54, 1.807) is 18.0 Å². The van der Waals surface area contributed by atoms with Crippen molar-refractivity contribution in [2.75, 3.05) is 7.05 Å². The molecule has 0 heterocycles. The van der Waals surface area contributed by atoms with Crippen LogP contribution in [-0.4, -0.2) is 17.9 Å². The second kappa shape index (κ2) is 6.91. The molecule has 2 aromatic carbocycles. The van der Waals surface area contributed by atoms with Crippen molar-refractivity contribution < 1.29 is 4.79 Å². The summed E-state index contributed by atoms with van der Waals surface area (Å²) in [5.74, 6) is 0.0499. The second-order valence-electron chi connectivity index (χ2n) is 4.61. The van der Waals surface area contributed by atoms with Crippen molar-refractivity contribution in [3.8, 4) is 0 Å².